The van der Waals surface area contributed by atoms with Gasteiger partial charge in [0.05, 0.1) is 0 Å². The normalized spacial score (nSPS) is 26.0. The Morgan fingerprint density at radius 2 is 1.95 bits per heavy atom. The molecule has 1 heterocycles. The van der Waals surface area contributed by atoms with E-state index in [-0.39, 0.29) is 24.9 Å². The molecule has 0 spiro atoms. The molecule has 2 fully saturated rings. The molecule has 7 nitrogen and oxygen atoms in total. The van der Waals surface area contributed by atoms with Crippen LogP contribution in [0.2, 0.25) is 0 Å². The fourth-order valence-corrected chi connectivity index (χ4v) is 3.48. The maximum absolute atomic E-state index is 12.3. The van der Waals surface area contributed by atoms with Crippen LogP contribution in [0.1, 0.15) is 44.9 Å². The van der Waals surface area contributed by atoms with E-state index in [1.807, 2.05) is 0 Å². The highest BCUT2D eigenvalue weighted by molar-refractivity contribution is 5.83. The molecule has 21 heavy (non-hydrogen) atoms. The molecule has 2 aliphatic rings. The number of carboxylic acids is 1. The van der Waals surface area contributed by atoms with Crippen LogP contribution in [0.3, 0.4) is 0 Å². The van der Waals surface area contributed by atoms with Crippen LogP contribution in [0.4, 0.5) is 4.79 Å². The minimum absolute atomic E-state index is 0.0261. The Morgan fingerprint density at radius 1 is 1.24 bits per heavy atom. The SMILES string of the molecule is NC(=O)CCC(NC(=O)N1CCCC2CCCC21)C(=O)O. The molecule has 1 saturated carbocycles. The number of urea groups is 1. The van der Waals surface area contributed by atoms with E-state index in [1.165, 1.54) is 0 Å². The van der Waals surface area contributed by atoms with Gasteiger partial charge in [-0.05, 0) is 38.0 Å². The zero-order valence-corrected chi connectivity index (χ0v) is 12.1. The van der Waals surface area contributed by atoms with Crippen LogP contribution in [0.5, 0.6) is 0 Å². The molecule has 0 bridgehead atoms. The van der Waals surface area contributed by atoms with Gasteiger partial charge < -0.3 is 21.1 Å². The summed E-state index contributed by atoms with van der Waals surface area (Å²) in [6.07, 6.45) is 5.37. The number of nitrogens with zero attached hydrogens (tertiary/aromatic N) is 1. The van der Waals surface area contributed by atoms with Crippen molar-refractivity contribution in [3.05, 3.63) is 0 Å². The van der Waals surface area contributed by atoms with E-state index in [9.17, 15) is 14.4 Å². The Kier molecular flexibility index (Phi) is 5.03. The molecule has 118 valence electrons. The Balaban J connectivity index is 1.94. The van der Waals surface area contributed by atoms with Gasteiger partial charge in [-0.3, -0.25) is 4.79 Å². The van der Waals surface area contributed by atoms with Crippen molar-refractivity contribution >= 4 is 17.9 Å². The van der Waals surface area contributed by atoms with E-state index in [4.69, 9.17) is 10.8 Å². The number of likely N-dealkylation sites (tertiary alicyclic amines) is 1. The number of hydrogen-bond donors (Lipinski definition) is 3. The summed E-state index contributed by atoms with van der Waals surface area (Å²) in [6, 6.07) is -1.15. The molecule has 2 rings (SSSR count). The Labute approximate surface area is 123 Å². The van der Waals surface area contributed by atoms with Crippen molar-refractivity contribution in [1.29, 1.82) is 0 Å². The first-order valence-corrected chi connectivity index (χ1v) is 7.57. The number of carboxylic acid groups (broad SMARTS) is 1. The van der Waals surface area contributed by atoms with Gasteiger partial charge in [0.1, 0.15) is 6.04 Å². The molecule has 4 N–H and O–H groups in total. The number of nitrogens with two attached hydrogens (primary N) is 1. The maximum Gasteiger partial charge on any atom is 0.326 e. The number of rotatable bonds is 5. The zero-order valence-electron chi connectivity index (χ0n) is 12.1. The van der Waals surface area contributed by atoms with Gasteiger partial charge in [-0.25, -0.2) is 9.59 Å². The van der Waals surface area contributed by atoms with E-state index in [0.717, 1.165) is 32.1 Å². The smallest absolute Gasteiger partial charge is 0.326 e. The van der Waals surface area contributed by atoms with Crippen LogP contribution in [0.25, 0.3) is 0 Å². The van der Waals surface area contributed by atoms with Crippen LogP contribution in [0, 0.1) is 5.92 Å². The van der Waals surface area contributed by atoms with E-state index >= 15 is 0 Å². The van der Waals surface area contributed by atoms with E-state index < -0.39 is 17.9 Å². The van der Waals surface area contributed by atoms with Gasteiger partial charge in [0.2, 0.25) is 5.91 Å². The van der Waals surface area contributed by atoms with Crippen LogP contribution in [0.15, 0.2) is 0 Å². The number of fused-ring (bicyclic) bond motifs is 1. The van der Waals surface area contributed by atoms with Gasteiger partial charge >= 0.3 is 12.0 Å². The average molecular weight is 297 g/mol. The van der Waals surface area contributed by atoms with Crippen molar-refractivity contribution in [2.24, 2.45) is 11.7 Å². The first-order valence-electron chi connectivity index (χ1n) is 7.57. The molecular formula is C14H23N3O4. The Hall–Kier alpha value is -1.79. The summed E-state index contributed by atoms with van der Waals surface area (Å²) in [5.74, 6) is -1.15. The first-order chi connectivity index (χ1) is 9.99. The Bertz CT molecular complexity index is 426. The van der Waals surface area contributed by atoms with Crippen LogP contribution in [-0.2, 0) is 9.59 Å². The van der Waals surface area contributed by atoms with Gasteiger partial charge in [0.25, 0.3) is 0 Å². The molecule has 0 aromatic carbocycles. The summed E-state index contributed by atoms with van der Waals surface area (Å²) >= 11 is 0. The summed E-state index contributed by atoms with van der Waals surface area (Å²) in [5.41, 5.74) is 5.03. The van der Waals surface area contributed by atoms with Crippen molar-refractivity contribution < 1.29 is 19.5 Å². The fourth-order valence-electron chi connectivity index (χ4n) is 3.48. The molecule has 3 atom stereocenters. The average Bonchev–Trinajstić information content (AvgIpc) is 2.90. The lowest BCUT2D eigenvalue weighted by atomic mass is 9.92. The summed E-state index contributed by atoms with van der Waals surface area (Å²) < 4.78 is 0. The van der Waals surface area contributed by atoms with Gasteiger partial charge in [-0.1, -0.05) is 6.42 Å². The molecule has 0 aromatic heterocycles. The van der Waals surface area contributed by atoms with Crippen LogP contribution < -0.4 is 11.1 Å². The van der Waals surface area contributed by atoms with Crippen molar-refractivity contribution in [3.8, 4) is 0 Å². The van der Waals surface area contributed by atoms with Gasteiger partial charge in [-0.2, -0.15) is 0 Å². The van der Waals surface area contributed by atoms with Gasteiger partial charge in [0, 0.05) is 19.0 Å². The fraction of sp³-hybridized carbons (Fsp3) is 0.786. The zero-order chi connectivity index (χ0) is 15.4. The number of carbonyl (C=O) groups is 3. The van der Waals surface area contributed by atoms with Crippen molar-refractivity contribution in [2.45, 2.75) is 57.0 Å². The number of piperidine rings is 1. The number of hydrogen-bond acceptors (Lipinski definition) is 3. The van der Waals surface area contributed by atoms with Crippen LogP contribution in [-0.4, -0.2) is 46.5 Å². The molecule has 7 heteroatoms. The van der Waals surface area contributed by atoms with E-state index in [1.54, 1.807) is 4.90 Å². The molecule has 3 amide bonds. The third-order valence-corrected chi connectivity index (χ3v) is 4.53. The largest absolute Gasteiger partial charge is 0.480 e. The third-order valence-electron chi connectivity index (χ3n) is 4.53. The van der Waals surface area contributed by atoms with Crippen molar-refractivity contribution in [2.75, 3.05) is 6.54 Å². The molecule has 1 aliphatic carbocycles. The van der Waals surface area contributed by atoms with Crippen LogP contribution >= 0.6 is 0 Å². The second-order valence-corrected chi connectivity index (χ2v) is 5.94. The molecule has 1 saturated heterocycles. The first kappa shape index (κ1) is 15.6. The third kappa shape index (κ3) is 3.86. The van der Waals surface area contributed by atoms with Crippen molar-refractivity contribution in [3.63, 3.8) is 0 Å². The number of nitrogens with one attached hydrogen (secondary N) is 1. The predicted octanol–water partition coefficient (Wildman–Crippen LogP) is 0.679. The minimum atomic E-state index is -1.13. The highest BCUT2D eigenvalue weighted by Crippen LogP contribution is 2.36. The number of carbonyl (C=O) groups excluding carboxylic acids is 2. The predicted molar refractivity (Wildman–Crippen MR) is 75.5 cm³/mol. The summed E-state index contributed by atoms with van der Waals surface area (Å²) in [4.78, 5) is 36.1. The second-order valence-electron chi connectivity index (χ2n) is 5.94. The lowest BCUT2D eigenvalue weighted by Crippen LogP contribution is -2.54. The number of amides is 3. The van der Waals surface area contributed by atoms with Crippen molar-refractivity contribution in [1.82, 2.24) is 10.2 Å². The lowest BCUT2D eigenvalue weighted by molar-refractivity contribution is -0.139. The quantitative estimate of drug-likeness (QED) is 0.692. The summed E-state index contributed by atoms with van der Waals surface area (Å²) in [6.45, 7) is 0.676. The highest BCUT2D eigenvalue weighted by Gasteiger charge is 2.38. The standard InChI is InChI=1S/C14H23N3O4/c15-12(18)7-6-10(13(19)20)16-14(21)17-8-2-4-9-3-1-5-11(9)17/h9-11H,1-8H2,(H2,15,18)(H,16,21)(H,19,20). The lowest BCUT2D eigenvalue weighted by Gasteiger charge is -2.38. The monoisotopic (exact) mass is 297 g/mol. The van der Waals surface area contributed by atoms with E-state index in [2.05, 4.69) is 5.32 Å². The maximum atomic E-state index is 12.3. The molecule has 3 unspecified atom stereocenters. The Morgan fingerprint density at radius 3 is 2.62 bits per heavy atom. The number of primary amides is 1. The molecule has 0 radical (unpaired) electrons. The minimum Gasteiger partial charge on any atom is -0.480 e. The molecular weight excluding hydrogens is 274 g/mol. The van der Waals surface area contributed by atoms with E-state index in [0.29, 0.717) is 12.5 Å². The molecule has 1 aliphatic heterocycles. The van der Waals surface area contributed by atoms with Gasteiger partial charge in [-0.15, -0.1) is 0 Å². The van der Waals surface area contributed by atoms with Gasteiger partial charge in [0.15, 0.2) is 0 Å². The number of aliphatic carboxylic acids is 1. The topological polar surface area (TPSA) is 113 Å². The second kappa shape index (κ2) is 6.78. The molecule has 0 aromatic rings. The summed E-state index contributed by atoms with van der Waals surface area (Å²) in [5, 5.41) is 11.7. The highest BCUT2D eigenvalue weighted by atomic mass is 16.4. The summed E-state index contributed by atoms with van der Waals surface area (Å²) in [7, 11) is 0.